The summed E-state index contributed by atoms with van der Waals surface area (Å²) in [5.41, 5.74) is -0.594. The summed E-state index contributed by atoms with van der Waals surface area (Å²) >= 11 is 0. The Bertz CT molecular complexity index is 1200. The number of hydrogen-bond acceptors (Lipinski definition) is 7. The molecule has 2 aromatic rings. The Hall–Kier alpha value is -2.06. The fourth-order valence-corrected chi connectivity index (χ4v) is 5.01. The molecule has 38 heavy (non-hydrogen) atoms. The molecule has 3 N–H and O–H groups in total. The van der Waals surface area contributed by atoms with Crippen molar-refractivity contribution in [2.24, 2.45) is 17.8 Å². The lowest BCUT2D eigenvalue weighted by molar-refractivity contribution is -0.0625. The van der Waals surface area contributed by atoms with Gasteiger partial charge in [0.05, 0.1) is 18.3 Å². The van der Waals surface area contributed by atoms with Crippen molar-refractivity contribution < 1.29 is 14.6 Å². The van der Waals surface area contributed by atoms with E-state index in [1.807, 2.05) is 6.92 Å². The predicted octanol–water partition coefficient (Wildman–Crippen LogP) is 1.80. The molecule has 0 aromatic carbocycles. The van der Waals surface area contributed by atoms with Gasteiger partial charge in [-0.2, -0.15) is 27.0 Å². The fourth-order valence-electron chi connectivity index (χ4n) is 5.01. The highest BCUT2D eigenvalue weighted by atomic mass is 32.1. The third-order valence-corrected chi connectivity index (χ3v) is 6.94. The van der Waals surface area contributed by atoms with Crippen molar-refractivity contribution >= 4 is 27.0 Å². The Kier molecular flexibility index (Phi) is 12.4. The van der Waals surface area contributed by atoms with E-state index in [1.165, 1.54) is 15.3 Å². The van der Waals surface area contributed by atoms with Gasteiger partial charge in [-0.15, -0.1) is 0 Å². The molecule has 4 heterocycles. The lowest BCUT2D eigenvalue weighted by atomic mass is 9.94. The van der Waals surface area contributed by atoms with Crippen LogP contribution in [0.5, 0.6) is 0 Å². The number of hydrogen-bond donors (Lipinski definition) is 3. The number of H-pyrrole nitrogens is 2. The van der Waals surface area contributed by atoms with Crippen LogP contribution in [0.3, 0.4) is 0 Å². The number of ether oxygens (including phenoxy) is 2. The third kappa shape index (κ3) is 7.53. The highest BCUT2D eigenvalue weighted by Gasteiger charge is 2.37. The summed E-state index contributed by atoms with van der Waals surface area (Å²) in [7, 11) is 0. The van der Waals surface area contributed by atoms with Gasteiger partial charge >= 0.3 is 11.4 Å². The zero-order valence-electron chi connectivity index (χ0n) is 23.0. The average molecular weight is 575 g/mol. The standard InChI is InChI=1S/C13H20N2O3.C12H18N2O4.2H2S/c1-7(2)11-8(3)5-10(18-11)15-6-9(4)12(16)14-13(15)17;1-6-4-9(18-10(6)8(3)15)14-5-7(2)11(16)13-12(14)17;;/h6-8,10-11H,5H2,1-4H3,(H,14,16,17);5-6,8-10,15H,4H2,1-3H3,(H,13,16,17);2*1H2/t8?,10-,11-;6?,8-,9+,10-;;/m10../s1. The van der Waals surface area contributed by atoms with E-state index in [-0.39, 0.29) is 62.5 Å². The van der Waals surface area contributed by atoms with Crippen molar-refractivity contribution in [1.82, 2.24) is 19.1 Å². The molecule has 0 radical (unpaired) electrons. The molecule has 216 valence electrons. The van der Waals surface area contributed by atoms with Crippen LogP contribution < -0.4 is 22.5 Å². The largest absolute Gasteiger partial charge is 0.391 e. The first-order valence-corrected chi connectivity index (χ1v) is 12.4. The second kappa shape index (κ2) is 13.8. The molecular formula is C25H42N4O7S2. The van der Waals surface area contributed by atoms with Crippen molar-refractivity contribution in [2.75, 3.05) is 0 Å². The molecule has 7 atom stereocenters. The average Bonchev–Trinajstić information content (AvgIpc) is 3.36. The van der Waals surface area contributed by atoms with Crippen LogP contribution in [0.25, 0.3) is 0 Å². The van der Waals surface area contributed by atoms with Gasteiger partial charge in [-0.3, -0.25) is 28.7 Å². The summed E-state index contributed by atoms with van der Waals surface area (Å²) in [5.74, 6) is 0.993. The molecule has 2 aliphatic heterocycles. The van der Waals surface area contributed by atoms with Gasteiger partial charge in [-0.05, 0) is 51.4 Å². The zero-order valence-corrected chi connectivity index (χ0v) is 25.0. The van der Waals surface area contributed by atoms with E-state index in [4.69, 9.17) is 9.47 Å². The molecule has 2 saturated heterocycles. The Morgan fingerprint density at radius 2 is 1.16 bits per heavy atom. The molecule has 2 fully saturated rings. The summed E-state index contributed by atoms with van der Waals surface area (Å²) in [6, 6.07) is 0. The maximum absolute atomic E-state index is 11.8. The van der Waals surface area contributed by atoms with Crippen molar-refractivity contribution in [3.05, 3.63) is 65.2 Å². The van der Waals surface area contributed by atoms with E-state index in [2.05, 4.69) is 30.7 Å². The highest BCUT2D eigenvalue weighted by molar-refractivity contribution is 7.59. The van der Waals surface area contributed by atoms with Gasteiger partial charge in [-0.25, -0.2) is 9.59 Å². The minimum atomic E-state index is -0.579. The summed E-state index contributed by atoms with van der Waals surface area (Å²) < 4.78 is 14.5. The molecule has 2 aromatic heterocycles. The quantitative estimate of drug-likeness (QED) is 0.504. The van der Waals surface area contributed by atoms with Gasteiger partial charge < -0.3 is 14.6 Å². The highest BCUT2D eigenvalue weighted by Crippen LogP contribution is 2.36. The maximum Gasteiger partial charge on any atom is 0.330 e. The topological polar surface area (TPSA) is 148 Å². The molecule has 2 aliphatic rings. The van der Waals surface area contributed by atoms with Crippen LogP contribution in [0.1, 0.15) is 71.0 Å². The first kappa shape index (κ1) is 34.0. The van der Waals surface area contributed by atoms with Crippen molar-refractivity contribution in [3.63, 3.8) is 0 Å². The van der Waals surface area contributed by atoms with E-state index < -0.39 is 23.7 Å². The zero-order chi connectivity index (χ0) is 26.9. The van der Waals surface area contributed by atoms with Crippen LogP contribution in [0.4, 0.5) is 0 Å². The number of aliphatic hydroxyl groups is 1. The van der Waals surface area contributed by atoms with Gasteiger partial charge in [-0.1, -0.05) is 27.7 Å². The molecule has 0 bridgehead atoms. The van der Waals surface area contributed by atoms with Crippen molar-refractivity contribution in [1.29, 1.82) is 0 Å². The third-order valence-electron chi connectivity index (χ3n) is 6.94. The number of nitrogens with one attached hydrogen (secondary N) is 2. The van der Waals surface area contributed by atoms with Gasteiger partial charge in [0.15, 0.2) is 0 Å². The summed E-state index contributed by atoms with van der Waals surface area (Å²) in [5, 5.41) is 9.59. The minimum absolute atomic E-state index is 0. The van der Waals surface area contributed by atoms with E-state index >= 15 is 0 Å². The number of nitrogens with zero attached hydrogens (tertiary/aromatic N) is 2. The molecule has 13 heteroatoms. The van der Waals surface area contributed by atoms with Crippen LogP contribution in [-0.4, -0.2) is 42.5 Å². The van der Waals surface area contributed by atoms with E-state index in [0.717, 1.165) is 6.42 Å². The molecular weight excluding hydrogens is 532 g/mol. The number of rotatable bonds is 4. The monoisotopic (exact) mass is 574 g/mol. The van der Waals surface area contributed by atoms with E-state index in [0.29, 0.717) is 29.4 Å². The van der Waals surface area contributed by atoms with Gasteiger partial charge in [0.25, 0.3) is 11.1 Å². The van der Waals surface area contributed by atoms with Crippen LogP contribution >= 0.6 is 27.0 Å². The Morgan fingerprint density at radius 1 is 0.789 bits per heavy atom. The molecule has 2 unspecified atom stereocenters. The lowest BCUT2D eigenvalue weighted by Crippen LogP contribution is -2.34. The predicted molar refractivity (Wildman–Crippen MR) is 155 cm³/mol. The smallest absolute Gasteiger partial charge is 0.330 e. The van der Waals surface area contributed by atoms with Crippen molar-refractivity contribution in [2.45, 2.75) is 92.1 Å². The summed E-state index contributed by atoms with van der Waals surface area (Å²) in [6.45, 7) is 13.3. The van der Waals surface area contributed by atoms with Crippen LogP contribution in [0, 0.1) is 31.6 Å². The molecule has 0 amide bonds. The van der Waals surface area contributed by atoms with E-state index in [1.54, 1.807) is 27.0 Å². The molecule has 0 spiro atoms. The Balaban J connectivity index is 0.000000361. The number of aliphatic hydroxyl groups excluding tert-OH is 1. The Labute approximate surface area is 235 Å². The van der Waals surface area contributed by atoms with Crippen LogP contribution in [-0.2, 0) is 9.47 Å². The molecule has 4 rings (SSSR count). The first-order valence-electron chi connectivity index (χ1n) is 12.4. The van der Waals surface area contributed by atoms with Crippen molar-refractivity contribution in [3.8, 4) is 0 Å². The second-order valence-electron chi connectivity index (χ2n) is 10.5. The number of aromatic nitrogens is 4. The fraction of sp³-hybridized carbons (Fsp3) is 0.680. The summed E-state index contributed by atoms with van der Waals surface area (Å²) in [6.07, 6.45) is 3.13. The number of aryl methyl sites for hydroxylation is 2. The summed E-state index contributed by atoms with van der Waals surface area (Å²) in [4.78, 5) is 50.7. The SMILES string of the molecule is Cc1cn([C@H]2CC(C)[C@@H](C(C)C)O2)c(=O)[nH]c1=O.Cc1cn([C@H]2CC(C)[C@@H]([C@H](C)O)O2)c(=O)[nH]c1=O.S.S. The van der Waals surface area contributed by atoms with Crippen LogP contribution in [0.15, 0.2) is 31.6 Å². The van der Waals surface area contributed by atoms with Gasteiger partial charge in [0, 0.05) is 23.5 Å². The van der Waals surface area contributed by atoms with Gasteiger partial charge in [0.1, 0.15) is 12.5 Å². The van der Waals surface area contributed by atoms with Crippen LogP contribution in [0.2, 0.25) is 0 Å². The number of aromatic amines is 2. The normalized spacial score (nSPS) is 27.2. The van der Waals surface area contributed by atoms with Gasteiger partial charge in [0.2, 0.25) is 0 Å². The first-order chi connectivity index (χ1) is 16.8. The molecule has 0 aliphatic carbocycles. The molecule has 11 nitrogen and oxygen atoms in total. The minimum Gasteiger partial charge on any atom is -0.391 e. The second-order valence-corrected chi connectivity index (χ2v) is 10.5. The Morgan fingerprint density at radius 3 is 1.47 bits per heavy atom. The molecule has 0 saturated carbocycles. The maximum atomic E-state index is 11.8. The lowest BCUT2D eigenvalue weighted by Gasteiger charge is -2.19. The van der Waals surface area contributed by atoms with E-state index in [9.17, 15) is 24.3 Å².